The predicted octanol–water partition coefficient (Wildman–Crippen LogP) is 2.60. The van der Waals surface area contributed by atoms with Crippen LogP contribution in [0.4, 0.5) is 5.82 Å². The van der Waals surface area contributed by atoms with Gasteiger partial charge in [-0.15, -0.1) is 0 Å². The highest BCUT2D eigenvalue weighted by Gasteiger charge is 2.50. The van der Waals surface area contributed by atoms with Gasteiger partial charge in [-0.05, 0) is 57.1 Å². The van der Waals surface area contributed by atoms with E-state index in [2.05, 4.69) is 27.0 Å². The third-order valence-electron chi connectivity index (χ3n) is 7.34. The van der Waals surface area contributed by atoms with Crippen molar-refractivity contribution >= 4 is 11.7 Å². The van der Waals surface area contributed by atoms with Crippen molar-refractivity contribution < 1.29 is 9.90 Å². The van der Waals surface area contributed by atoms with E-state index in [1.807, 2.05) is 25.6 Å². The van der Waals surface area contributed by atoms with Gasteiger partial charge in [0.1, 0.15) is 5.82 Å². The van der Waals surface area contributed by atoms with Gasteiger partial charge in [0.25, 0.3) is 0 Å². The molecular weight excluding hydrogens is 378 g/mol. The van der Waals surface area contributed by atoms with Gasteiger partial charge in [-0.1, -0.05) is 0 Å². The average Bonchev–Trinajstić information content (AvgIpc) is 3.33. The number of hydrogen-bond acceptors (Lipinski definition) is 5. The number of carbonyl (C=O) groups excluding carboxylic acids is 1. The van der Waals surface area contributed by atoms with Gasteiger partial charge in [0.05, 0.1) is 17.7 Å². The van der Waals surface area contributed by atoms with E-state index in [1.165, 1.54) is 0 Å². The molecule has 5 rings (SSSR count). The number of aliphatic hydroxyl groups excluding tert-OH is 1. The Kier molecular flexibility index (Phi) is 5.01. The number of piperidine rings is 1. The molecule has 0 radical (unpaired) electrons. The van der Waals surface area contributed by atoms with Crippen LogP contribution < -0.4 is 4.90 Å². The Labute approximate surface area is 177 Å². The van der Waals surface area contributed by atoms with Crippen molar-refractivity contribution in [1.29, 1.82) is 0 Å². The van der Waals surface area contributed by atoms with Crippen LogP contribution in [0.25, 0.3) is 11.1 Å². The van der Waals surface area contributed by atoms with Gasteiger partial charge in [0.15, 0.2) is 0 Å². The van der Waals surface area contributed by atoms with Crippen LogP contribution >= 0.6 is 0 Å². The zero-order valence-electron chi connectivity index (χ0n) is 17.7. The van der Waals surface area contributed by atoms with Gasteiger partial charge >= 0.3 is 0 Å². The summed E-state index contributed by atoms with van der Waals surface area (Å²) in [5.41, 5.74) is 1.85. The number of likely N-dealkylation sites (tertiary alicyclic amines) is 1. The number of anilines is 1. The molecular formula is C23H31N5O2. The second-order valence-electron chi connectivity index (χ2n) is 9.32. The smallest absolute Gasteiger partial charge is 0.230 e. The van der Waals surface area contributed by atoms with Gasteiger partial charge in [0, 0.05) is 56.2 Å². The van der Waals surface area contributed by atoms with E-state index in [1.54, 1.807) is 4.68 Å². The van der Waals surface area contributed by atoms with Crippen LogP contribution in [-0.4, -0.2) is 62.5 Å². The van der Waals surface area contributed by atoms with Crippen molar-refractivity contribution in [2.24, 2.45) is 12.5 Å². The van der Waals surface area contributed by atoms with E-state index in [-0.39, 0.29) is 11.5 Å². The molecule has 4 heterocycles. The van der Waals surface area contributed by atoms with E-state index >= 15 is 0 Å². The summed E-state index contributed by atoms with van der Waals surface area (Å²) in [6.45, 7) is 2.57. The highest BCUT2D eigenvalue weighted by Crippen LogP contribution is 2.43. The predicted molar refractivity (Wildman–Crippen MR) is 115 cm³/mol. The van der Waals surface area contributed by atoms with Gasteiger partial charge < -0.3 is 14.9 Å². The van der Waals surface area contributed by atoms with Gasteiger partial charge in [-0.3, -0.25) is 9.48 Å². The quantitative estimate of drug-likeness (QED) is 0.844. The number of aryl methyl sites for hydroxylation is 1. The maximum atomic E-state index is 13.5. The number of carbonyl (C=O) groups is 1. The molecule has 2 aliphatic heterocycles. The van der Waals surface area contributed by atoms with Crippen molar-refractivity contribution in [3.63, 3.8) is 0 Å². The van der Waals surface area contributed by atoms with E-state index < -0.39 is 0 Å². The highest BCUT2D eigenvalue weighted by atomic mass is 16.3. The van der Waals surface area contributed by atoms with Crippen molar-refractivity contribution in [3.8, 4) is 11.1 Å². The summed E-state index contributed by atoms with van der Waals surface area (Å²) in [7, 11) is 1.91. The number of aromatic nitrogens is 3. The number of hydrogen-bond donors (Lipinski definition) is 1. The fraction of sp³-hybridized carbons (Fsp3) is 0.609. The summed E-state index contributed by atoms with van der Waals surface area (Å²) >= 11 is 0. The molecule has 7 nitrogen and oxygen atoms in total. The van der Waals surface area contributed by atoms with Crippen molar-refractivity contribution in [1.82, 2.24) is 19.7 Å². The molecule has 0 bridgehead atoms. The third kappa shape index (κ3) is 3.49. The van der Waals surface area contributed by atoms with Gasteiger partial charge in [0.2, 0.25) is 5.91 Å². The fourth-order valence-corrected chi connectivity index (χ4v) is 5.59. The fourth-order valence-electron chi connectivity index (χ4n) is 5.59. The second-order valence-corrected chi connectivity index (χ2v) is 9.32. The third-order valence-corrected chi connectivity index (χ3v) is 7.34. The SMILES string of the molecule is Cn1cc(-c2ccc(N3CCCC4(CCN(C5CCC(O)CC5)C4=O)C3)nc2)cn1. The normalized spacial score (nSPS) is 29.7. The Balaban J connectivity index is 1.29. The molecule has 1 atom stereocenters. The highest BCUT2D eigenvalue weighted by molar-refractivity contribution is 5.86. The minimum atomic E-state index is -0.266. The monoisotopic (exact) mass is 409 g/mol. The molecule has 1 aliphatic carbocycles. The minimum absolute atomic E-state index is 0.182. The molecule has 7 heteroatoms. The Morgan fingerprint density at radius 1 is 1.07 bits per heavy atom. The lowest BCUT2D eigenvalue weighted by molar-refractivity contribution is -0.139. The van der Waals surface area contributed by atoms with Crippen LogP contribution in [0.2, 0.25) is 0 Å². The molecule has 2 aromatic heterocycles. The van der Waals surface area contributed by atoms with E-state index in [4.69, 9.17) is 4.98 Å². The van der Waals surface area contributed by atoms with Crippen LogP contribution in [-0.2, 0) is 11.8 Å². The Morgan fingerprint density at radius 2 is 1.90 bits per heavy atom. The summed E-state index contributed by atoms with van der Waals surface area (Å²) in [6.07, 6.45) is 12.0. The molecule has 1 saturated carbocycles. The molecule has 3 fully saturated rings. The number of aliphatic hydroxyl groups is 1. The summed E-state index contributed by atoms with van der Waals surface area (Å²) in [6, 6.07) is 4.48. The van der Waals surface area contributed by atoms with Crippen LogP contribution in [0.15, 0.2) is 30.7 Å². The first kappa shape index (κ1) is 19.5. The van der Waals surface area contributed by atoms with Crippen molar-refractivity contribution in [2.75, 3.05) is 24.5 Å². The molecule has 1 spiro atoms. The van der Waals surface area contributed by atoms with E-state index in [9.17, 15) is 9.90 Å². The van der Waals surface area contributed by atoms with Crippen molar-refractivity contribution in [3.05, 3.63) is 30.7 Å². The Bertz CT molecular complexity index is 903. The molecule has 2 aromatic rings. The molecule has 0 aromatic carbocycles. The molecule has 2 saturated heterocycles. The van der Waals surface area contributed by atoms with Gasteiger partial charge in [-0.25, -0.2) is 4.98 Å². The van der Waals surface area contributed by atoms with E-state index in [0.29, 0.717) is 11.9 Å². The number of pyridine rings is 1. The molecule has 1 N–H and O–H groups in total. The zero-order valence-corrected chi connectivity index (χ0v) is 17.7. The summed E-state index contributed by atoms with van der Waals surface area (Å²) in [5.74, 6) is 1.29. The number of amides is 1. The Hall–Kier alpha value is -2.41. The topological polar surface area (TPSA) is 74.5 Å². The number of nitrogens with zero attached hydrogens (tertiary/aromatic N) is 5. The summed E-state index contributed by atoms with van der Waals surface area (Å²) < 4.78 is 1.79. The summed E-state index contributed by atoms with van der Waals surface area (Å²) in [4.78, 5) is 22.6. The average molecular weight is 410 g/mol. The van der Waals surface area contributed by atoms with E-state index in [0.717, 1.165) is 81.5 Å². The first-order chi connectivity index (χ1) is 14.5. The molecule has 160 valence electrons. The lowest BCUT2D eigenvalue weighted by Crippen LogP contribution is -2.50. The van der Waals surface area contributed by atoms with Crippen LogP contribution in [0.1, 0.15) is 44.9 Å². The van der Waals surface area contributed by atoms with Gasteiger partial charge in [-0.2, -0.15) is 5.10 Å². The maximum Gasteiger partial charge on any atom is 0.230 e. The lowest BCUT2D eigenvalue weighted by atomic mass is 9.78. The van der Waals surface area contributed by atoms with Crippen LogP contribution in [0, 0.1) is 5.41 Å². The first-order valence-electron chi connectivity index (χ1n) is 11.2. The maximum absolute atomic E-state index is 13.5. The number of rotatable bonds is 3. The minimum Gasteiger partial charge on any atom is -0.393 e. The Morgan fingerprint density at radius 3 is 2.60 bits per heavy atom. The largest absolute Gasteiger partial charge is 0.393 e. The molecule has 30 heavy (non-hydrogen) atoms. The second kappa shape index (κ2) is 7.69. The molecule has 1 unspecified atom stereocenters. The standard InChI is InChI=1S/C23H31N5O2/c1-26-15-18(14-25-26)17-3-8-21(24-13-17)27-11-2-9-23(16-27)10-12-28(22(23)30)19-4-6-20(29)7-5-19/h3,8,13-15,19-20,29H,2,4-7,9-12,16H2,1H3. The molecule has 1 amide bonds. The summed E-state index contributed by atoms with van der Waals surface area (Å²) in [5, 5.41) is 14.0. The molecule has 3 aliphatic rings. The van der Waals surface area contributed by atoms with Crippen molar-refractivity contribution in [2.45, 2.75) is 57.1 Å². The van der Waals surface area contributed by atoms with Crippen LogP contribution in [0.5, 0.6) is 0 Å². The first-order valence-corrected chi connectivity index (χ1v) is 11.2. The lowest BCUT2D eigenvalue weighted by Gasteiger charge is -2.41. The zero-order chi connectivity index (χ0) is 20.7. The van der Waals surface area contributed by atoms with Crippen LogP contribution in [0.3, 0.4) is 0 Å².